The van der Waals surface area contributed by atoms with E-state index in [1.165, 1.54) is 56.7 Å². The van der Waals surface area contributed by atoms with Crippen LogP contribution >= 0.6 is 23.2 Å². The maximum atomic E-state index is 13.2. The van der Waals surface area contributed by atoms with Crippen molar-refractivity contribution in [2.24, 2.45) is 5.92 Å². The predicted molar refractivity (Wildman–Crippen MR) is 236 cm³/mol. The summed E-state index contributed by atoms with van der Waals surface area (Å²) >= 11 is 11.0. The molecule has 4 aromatic rings. The fraction of sp³-hybridized carbons (Fsp3) is 0.277. The first-order valence-corrected chi connectivity index (χ1v) is 20.9. The summed E-state index contributed by atoms with van der Waals surface area (Å²) in [5, 5.41) is 8.04. The summed E-state index contributed by atoms with van der Waals surface area (Å²) in [5.74, 6) is -4.06. The number of amides is 2. The van der Waals surface area contributed by atoms with Crippen LogP contribution in [0.4, 0.5) is 11.4 Å². The summed E-state index contributed by atoms with van der Waals surface area (Å²) in [5.41, 5.74) is 3.76. The molecule has 6 rings (SSSR count). The summed E-state index contributed by atoms with van der Waals surface area (Å²) in [4.78, 5) is 123. The number of carbonyl (C=O) groups excluding carboxylic acids is 10. The Balaban J connectivity index is 0.000000258. The molecule has 0 heterocycles. The lowest BCUT2D eigenvalue weighted by Gasteiger charge is -2.19. The minimum absolute atomic E-state index is 0.0159. The van der Waals surface area contributed by atoms with Gasteiger partial charge in [0.15, 0.2) is 34.7 Å². The standard InChI is InChI=1S/C28H30N2O8.C19H13Cl2NO4/c1-15(27(35)37-3)5-10-24(32)30-18-7-9-21-23(13-18)26(34)20-8-6-17(12-22(20)25(21)33)11-19(31)14-29-16(2)28(36)38-4;20-8-12(23)5-10-1-3-13-15(6-10)18(25)14-4-2-11(22-17(24)9-21)7-16(14)19(13)26/h6-9,12-13,15-16,29H,5,10-11,14H2,1-4H3,(H,30,32);1-4,6-7H,5,8-9H2,(H,22,24)/t15-,16+;/m1./s1. The van der Waals surface area contributed by atoms with Gasteiger partial charge in [-0.05, 0) is 73.0 Å². The predicted octanol–water partition coefficient (Wildman–Crippen LogP) is 5.24. The fourth-order valence-corrected chi connectivity index (χ4v) is 7.11. The Morgan fingerprint density at radius 2 is 0.953 bits per heavy atom. The molecule has 64 heavy (non-hydrogen) atoms. The molecule has 0 saturated carbocycles. The first-order chi connectivity index (χ1) is 30.5. The Bertz CT molecular complexity index is 2430. The average Bonchev–Trinajstić information content (AvgIpc) is 3.30. The maximum Gasteiger partial charge on any atom is 0.322 e. The molecule has 0 aromatic heterocycles. The lowest BCUT2D eigenvalue weighted by atomic mass is 9.82. The maximum absolute atomic E-state index is 13.2. The molecule has 0 fully saturated rings. The van der Waals surface area contributed by atoms with Crippen molar-refractivity contribution in [3.63, 3.8) is 0 Å². The first kappa shape index (κ1) is 48.4. The number of hydrogen-bond donors (Lipinski definition) is 3. The van der Waals surface area contributed by atoms with Crippen LogP contribution < -0.4 is 16.0 Å². The average molecular weight is 913 g/mol. The monoisotopic (exact) mass is 911 g/mol. The van der Waals surface area contributed by atoms with E-state index in [2.05, 4.69) is 25.4 Å². The van der Waals surface area contributed by atoms with Crippen molar-refractivity contribution in [2.45, 2.75) is 45.6 Å². The summed E-state index contributed by atoms with van der Waals surface area (Å²) in [6.07, 6.45) is 0.512. The summed E-state index contributed by atoms with van der Waals surface area (Å²) in [6.45, 7) is 3.20. The Morgan fingerprint density at radius 3 is 1.39 bits per heavy atom. The van der Waals surface area contributed by atoms with Crippen LogP contribution in [0.15, 0.2) is 72.8 Å². The molecule has 0 spiro atoms. The van der Waals surface area contributed by atoms with Gasteiger partial charge in [-0.2, -0.15) is 0 Å². The second kappa shape index (κ2) is 21.6. The van der Waals surface area contributed by atoms with E-state index in [9.17, 15) is 47.9 Å². The third-order valence-corrected chi connectivity index (χ3v) is 10.9. The van der Waals surface area contributed by atoms with Gasteiger partial charge in [0, 0.05) is 75.1 Å². The molecule has 4 aromatic carbocycles. The van der Waals surface area contributed by atoms with E-state index < -0.39 is 29.8 Å². The molecular weight excluding hydrogens is 869 g/mol. The molecule has 0 aliphatic heterocycles. The quantitative estimate of drug-likeness (QED) is 0.0836. The number of ketones is 6. The number of ether oxygens (including phenoxy) is 2. The largest absolute Gasteiger partial charge is 0.469 e. The molecule has 2 atom stereocenters. The number of esters is 2. The number of benzene rings is 4. The number of halogens is 2. The van der Waals surface area contributed by atoms with E-state index in [1.807, 2.05) is 0 Å². The van der Waals surface area contributed by atoms with Crippen molar-refractivity contribution < 1.29 is 57.4 Å². The number of fused-ring (bicyclic) bond motifs is 4. The number of rotatable bonds is 16. The van der Waals surface area contributed by atoms with Crippen molar-refractivity contribution in [3.8, 4) is 0 Å². The topological polar surface area (TPSA) is 225 Å². The van der Waals surface area contributed by atoms with Gasteiger partial charge in [0.2, 0.25) is 11.8 Å². The molecular formula is C47H43Cl2N3O12. The van der Waals surface area contributed by atoms with Crippen LogP contribution in [0, 0.1) is 5.92 Å². The van der Waals surface area contributed by atoms with Gasteiger partial charge < -0.3 is 20.1 Å². The highest BCUT2D eigenvalue weighted by atomic mass is 35.5. The normalized spacial score (nSPS) is 13.1. The molecule has 0 unspecified atom stereocenters. The molecule has 0 saturated heterocycles. The molecule has 15 nitrogen and oxygen atoms in total. The third-order valence-electron chi connectivity index (χ3n) is 10.4. The SMILES string of the molecule is COC(=O)[C@H](C)CCC(=O)Nc1ccc2c(c1)C(=O)c1ccc(CC(=O)CN[C@@H](C)C(=O)OC)cc1C2=O.O=C(CCl)Cc1ccc2c(c1)C(=O)c1ccc(NC(=O)CCl)cc1C2=O. The molecule has 2 aliphatic carbocycles. The fourth-order valence-electron chi connectivity index (χ4n) is 6.95. The van der Waals surface area contributed by atoms with Crippen molar-refractivity contribution in [3.05, 3.63) is 128 Å². The Kier molecular flexibility index (Phi) is 16.3. The van der Waals surface area contributed by atoms with Crippen LogP contribution in [-0.2, 0) is 51.1 Å². The zero-order valence-corrected chi connectivity index (χ0v) is 36.7. The van der Waals surface area contributed by atoms with E-state index >= 15 is 0 Å². The number of anilines is 2. The van der Waals surface area contributed by atoms with Gasteiger partial charge >= 0.3 is 11.9 Å². The van der Waals surface area contributed by atoms with Gasteiger partial charge in [0.1, 0.15) is 11.9 Å². The van der Waals surface area contributed by atoms with Crippen LogP contribution in [0.5, 0.6) is 0 Å². The number of alkyl halides is 2. The smallest absolute Gasteiger partial charge is 0.322 e. The van der Waals surface area contributed by atoms with Gasteiger partial charge in [-0.15, -0.1) is 23.2 Å². The zero-order valence-electron chi connectivity index (χ0n) is 35.2. The molecule has 2 amide bonds. The van der Waals surface area contributed by atoms with E-state index in [0.717, 1.165) is 0 Å². The lowest BCUT2D eigenvalue weighted by molar-refractivity contribution is -0.145. The molecule has 0 radical (unpaired) electrons. The Morgan fingerprint density at radius 1 is 0.531 bits per heavy atom. The van der Waals surface area contributed by atoms with Crippen molar-refractivity contribution in [1.29, 1.82) is 0 Å². The van der Waals surface area contributed by atoms with Crippen LogP contribution in [0.25, 0.3) is 0 Å². The number of carbonyl (C=O) groups is 10. The van der Waals surface area contributed by atoms with Crippen LogP contribution in [0.2, 0.25) is 0 Å². The van der Waals surface area contributed by atoms with Crippen LogP contribution in [0.3, 0.4) is 0 Å². The summed E-state index contributed by atoms with van der Waals surface area (Å²) < 4.78 is 9.27. The number of hydrogen-bond acceptors (Lipinski definition) is 13. The van der Waals surface area contributed by atoms with E-state index in [-0.39, 0.29) is 123 Å². The highest BCUT2D eigenvalue weighted by Crippen LogP contribution is 2.32. The van der Waals surface area contributed by atoms with Crippen molar-refractivity contribution in [1.82, 2.24) is 5.32 Å². The Labute approximate surface area is 377 Å². The van der Waals surface area contributed by atoms with Crippen molar-refractivity contribution in [2.75, 3.05) is 43.2 Å². The summed E-state index contributed by atoms with van der Waals surface area (Å²) in [6, 6.07) is 17.8. The second-order valence-electron chi connectivity index (χ2n) is 15.0. The molecule has 3 N–H and O–H groups in total. The highest BCUT2D eigenvalue weighted by molar-refractivity contribution is 6.31. The minimum Gasteiger partial charge on any atom is -0.469 e. The Hall–Kier alpha value is -6.68. The second-order valence-corrected chi connectivity index (χ2v) is 15.5. The van der Waals surface area contributed by atoms with Crippen LogP contribution in [-0.4, -0.2) is 97.0 Å². The van der Waals surface area contributed by atoms with Gasteiger partial charge in [-0.1, -0.05) is 31.2 Å². The first-order valence-electron chi connectivity index (χ1n) is 19.9. The number of nitrogens with one attached hydrogen (secondary N) is 3. The molecule has 332 valence electrons. The van der Waals surface area contributed by atoms with Crippen LogP contribution in [0.1, 0.15) is 102 Å². The summed E-state index contributed by atoms with van der Waals surface area (Å²) in [7, 11) is 2.55. The van der Waals surface area contributed by atoms with Gasteiger partial charge in [-0.25, -0.2) is 0 Å². The van der Waals surface area contributed by atoms with Gasteiger partial charge in [0.25, 0.3) is 0 Å². The minimum atomic E-state index is -0.638. The van der Waals surface area contributed by atoms with Crippen molar-refractivity contribution >= 4 is 93.0 Å². The van der Waals surface area contributed by atoms with E-state index in [1.54, 1.807) is 44.2 Å². The molecule has 2 aliphatic rings. The van der Waals surface area contributed by atoms with E-state index in [4.69, 9.17) is 23.2 Å². The zero-order chi connectivity index (χ0) is 46.8. The number of Topliss-reactive ketones (excluding diaryl/α,β-unsaturated/α-hetero) is 2. The van der Waals surface area contributed by atoms with E-state index in [0.29, 0.717) is 28.9 Å². The van der Waals surface area contributed by atoms with Gasteiger partial charge in [-0.3, -0.25) is 53.3 Å². The third kappa shape index (κ3) is 11.5. The lowest BCUT2D eigenvalue weighted by Crippen LogP contribution is -2.38. The highest BCUT2D eigenvalue weighted by Gasteiger charge is 2.32. The van der Waals surface area contributed by atoms with Gasteiger partial charge in [0.05, 0.1) is 32.6 Å². The number of methoxy groups -OCH3 is 2. The molecule has 0 bridgehead atoms. The molecule has 17 heteroatoms.